The van der Waals surface area contributed by atoms with E-state index in [1.165, 1.54) is 23.1 Å². The molecule has 2 aromatic carbocycles. The molecule has 0 saturated carbocycles. The third kappa shape index (κ3) is 2.81. The molecule has 0 unspecified atom stereocenters. The largest absolute Gasteiger partial charge is 0.0646 e. The first-order valence-electron chi connectivity index (χ1n) is 6.76. The molecule has 0 saturated heterocycles. The van der Waals surface area contributed by atoms with E-state index in [2.05, 4.69) is 75.4 Å². The van der Waals surface area contributed by atoms with E-state index in [4.69, 9.17) is 0 Å². The van der Waals surface area contributed by atoms with Gasteiger partial charge in [0.1, 0.15) is 0 Å². The molecular weight excluding hydrogens is 216 g/mol. The van der Waals surface area contributed by atoms with Crippen LogP contribution in [0.5, 0.6) is 0 Å². The fraction of sp³-hybridized carbons (Fsp3) is 0.333. The minimum absolute atomic E-state index is 0.255. The van der Waals surface area contributed by atoms with Crippen molar-refractivity contribution in [1.82, 2.24) is 0 Å². The zero-order valence-electron chi connectivity index (χ0n) is 11.6. The summed E-state index contributed by atoms with van der Waals surface area (Å²) in [6, 6.07) is 19.6. The molecule has 0 nitrogen and oxygen atoms in total. The number of rotatable bonds is 4. The van der Waals surface area contributed by atoms with Gasteiger partial charge < -0.3 is 0 Å². The average Bonchev–Trinajstić information content (AvgIpc) is 2.40. The van der Waals surface area contributed by atoms with Crippen molar-refractivity contribution in [2.24, 2.45) is 0 Å². The number of hydrogen-bond donors (Lipinski definition) is 0. The molecule has 0 heteroatoms. The van der Waals surface area contributed by atoms with Gasteiger partial charge in [-0.25, -0.2) is 0 Å². The highest BCUT2D eigenvalue weighted by molar-refractivity contribution is 5.37. The van der Waals surface area contributed by atoms with Gasteiger partial charge in [-0.2, -0.15) is 0 Å². The molecule has 94 valence electrons. The van der Waals surface area contributed by atoms with E-state index in [9.17, 15) is 0 Å². The maximum absolute atomic E-state index is 2.33. The van der Waals surface area contributed by atoms with Crippen molar-refractivity contribution in [3.63, 3.8) is 0 Å². The maximum atomic E-state index is 2.33. The van der Waals surface area contributed by atoms with Gasteiger partial charge >= 0.3 is 0 Å². The molecule has 2 aromatic rings. The molecule has 0 aromatic heterocycles. The molecule has 0 aliphatic carbocycles. The summed E-state index contributed by atoms with van der Waals surface area (Å²) in [5.74, 6) is 0. The van der Waals surface area contributed by atoms with Crippen molar-refractivity contribution in [1.29, 1.82) is 0 Å². The highest BCUT2D eigenvalue weighted by Crippen LogP contribution is 2.30. The zero-order valence-corrected chi connectivity index (χ0v) is 11.6. The highest BCUT2D eigenvalue weighted by Gasteiger charge is 2.20. The summed E-state index contributed by atoms with van der Waals surface area (Å²) in [6.45, 7) is 6.92. The summed E-state index contributed by atoms with van der Waals surface area (Å²) in [4.78, 5) is 0. The van der Waals surface area contributed by atoms with Crippen LogP contribution in [0.3, 0.4) is 0 Å². The lowest BCUT2D eigenvalue weighted by Crippen LogP contribution is -2.18. The molecule has 18 heavy (non-hydrogen) atoms. The van der Waals surface area contributed by atoms with Crippen molar-refractivity contribution in [3.8, 4) is 0 Å². The van der Waals surface area contributed by atoms with Gasteiger partial charge in [-0.1, -0.05) is 75.4 Å². The molecule has 0 N–H and O–H groups in total. The highest BCUT2D eigenvalue weighted by atomic mass is 14.2. The summed E-state index contributed by atoms with van der Waals surface area (Å²) < 4.78 is 0. The molecule has 0 aliphatic rings. The quantitative estimate of drug-likeness (QED) is 0.706. The van der Waals surface area contributed by atoms with Gasteiger partial charge in [-0.3, -0.25) is 0 Å². The molecule has 0 bridgehead atoms. The van der Waals surface area contributed by atoms with Gasteiger partial charge in [0.05, 0.1) is 0 Å². The second-order valence-electron chi connectivity index (χ2n) is 5.56. The van der Waals surface area contributed by atoms with E-state index in [1.807, 2.05) is 0 Å². The monoisotopic (exact) mass is 238 g/mol. The lowest BCUT2D eigenvalue weighted by atomic mass is 9.78. The Kier molecular flexibility index (Phi) is 3.86. The van der Waals surface area contributed by atoms with E-state index in [-0.39, 0.29) is 5.41 Å². The smallest absolute Gasteiger partial charge is 0.00228 e. The second kappa shape index (κ2) is 5.39. The Morgan fingerprint density at radius 1 is 0.833 bits per heavy atom. The molecule has 0 heterocycles. The minimum Gasteiger partial charge on any atom is -0.0646 e. The Hall–Kier alpha value is -1.56. The van der Waals surface area contributed by atoms with Crippen LogP contribution in [0, 0.1) is 0 Å². The van der Waals surface area contributed by atoms with Gasteiger partial charge in [-0.15, -0.1) is 0 Å². The fourth-order valence-electron chi connectivity index (χ4n) is 2.34. The van der Waals surface area contributed by atoms with Crippen LogP contribution in [0.1, 0.15) is 43.9 Å². The van der Waals surface area contributed by atoms with Crippen LogP contribution in [0.15, 0.2) is 54.6 Å². The predicted molar refractivity (Wildman–Crippen MR) is 79.0 cm³/mol. The Labute approximate surface area is 111 Å². The first-order chi connectivity index (χ1) is 8.63. The van der Waals surface area contributed by atoms with Crippen LogP contribution >= 0.6 is 0 Å². The van der Waals surface area contributed by atoms with E-state index in [0.717, 1.165) is 6.42 Å². The SMILES string of the molecule is CCC(C)(C)c1ccccc1Cc1ccccc1. The molecular formula is C18H22. The van der Waals surface area contributed by atoms with Crippen molar-refractivity contribution in [3.05, 3.63) is 71.3 Å². The van der Waals surface area contributed by atoms with Gasteiger partial charge in [0.15, 0.2) is 0 Å². The average molecular weight is 238 g/mol. The van der Waals surface area contributed by atoms with Crippen molar-refractivity contribution >= 4 is 0 Å². The normalized spacial score (nSPS) is 11.5. The third-order valence-corrected chi connectivity index (χ3v) is 3.87. The summed E-state index contributed by atoms with van der Waals surface area (Å²) >= 11 is 0. The predicted octanol–water partition coefficient (Wildman–Crippen LogP) is 4.97. The Balaban J connectivity index is 2.34. The minimum atomic E-state index is 0.255. The van der Waals surface area contributed by atoms with E-state index >= 15 is 0 Å². The standard InChI is InChI=1S/C18H22/c1-4-18(2,3)17-13-9-8-12-16(17)14-15-10-6-5-7-11-15/h5-13H,4,14H2,1-3H3. The Morgan fingerprint density at radius 2 is 1.44 bits per heavy atom. The second-order valence-corrected chi connectivity index (χ2v) is 5.56. The zero-order chi connectivity index (χ0) is 13.0. The third-order valence-electron chi connectivity index (χ3n) is 3.87. The fourth-order valence-corrected chi connectivity index (χ4v) is 2.34. The van der Waals surface area contributed by atoms with E-state index in [1.54, 1.807) is 0 Å². The molecule has 0 spiro atoms. The summed E-state index contributed by atoms with van der Waals surface area (Å²) in [7, 11) is 0. The van der Waals surface area contributed by atoms with E-state index in [0.29, 0.717) is 0 Å². The van der Waals surface area contributed by atoms with Crippen molar-refractivity contribution < 1.29 is 0 Å². The summed E-state index contributed by atoms with van der Waals surface area (Å²) in [6.07, 6.45) is 2.19. The lowest BCUT2D eigenvalue weighted by molar-refractivity contribution is 0.502. The lowest BCUT2D eigenvalue weighted by Gasteiger charge is -2.26. The van der Waals surface area contributed by atoms with Crippen molar-refractivity contribution in [2.75, 3.05) is 0 Å². The van der Waals surface area contributed by atoms with Crippen LogP contribution in [0.25, 0.3) is 0 Å². The Bertz CT molecular complexity index is 494. The first kappa shape index (κ1) is 12.9. The summed E-state index contributed by atoms with van der Waals surface area (Å²) in [5.41, 5.74) is 4.58. The topological polar surface area (TPSA) is 0 Å². The van der Waals surface area contributed by atoms with Gasteiger partial charge in [0.2, 0.25) is 0 Å². The maximum Gasteiger partial charge on any atom is -0.00228 e. The summed E-state index contributed by atoms with van der Waals surface area (Å²) in [5, 5.41) is 0. The molecule has 0 radical (unpaired) electrons. The molecule has 0 fully saturated rings. The molecule has 0 atom stereocenters. The first-order valence-corrected chi connectivity index (χ1v) is 6.76. The van der Waals surface area contributed by atoms with Crippen molar-refractivity contribution in [2.45, 2.75) is 39.0 Å². The van der Waals surface area contributed by atoms with Crippen LogP contribution in [0.4, 0.5) is 0 Å². The van der Waals surface area contributed by atoms with Crippen LogP contribution in [0.2, 0.25) is 0 Å². The van der Waals surface area contributed by atoms with Gasteiger partial charge in [0.25, 0.3) is 0 Å². The van der Waals surface area contributed by atoms with Gasteiger partial charge in [-0.05, 0) is 34.9 Å². The molecule has 0 amide bonds. The van der Waals surface area contributed by atoms with Crippen LogP contribution in [-0.4, -0.2) is 0 Å². The Morgan fingerprint density at radius 3 is 2.11 bits per heavy atom. The number of hydrogen-bond acceptors (Lipinski definition) is 0. The van der Waals surface area contributed by atoms with Crippen LogP contribution in [-0.2, 0) is 11.8 Å². The van der Waals surface area contributed by atoms with Crippen LogP contribution < -0.4 is 0 Å². The van der Waals surface area contributed by atoms with Gasteiger partial charge in [0, 0.05) is 0 Å². The molecule has 2 rings (SSSR count). The number of benzene rings is 2. The molecule has 0 aliphatic heterocycles. The van der Waals surface area contributed by atoms with E-state index < -0.39 is 0 Å².